The third-order valence-electron chi connectivity index (χ3n) is 2.95. The van der Waals surface area contributed by atoms with Gasteiger partial charge < -0.3 is 5.73 Å². The molecule has 0 unspecified atom stereocenters. The van der Waals surface area contributed by atoms with E-state index in [1.807, 2.05) is 0 Å². The highest BCUT2D eigenvalue weighted by Crippen LogP contribution is 2.31. The van der Waals surface area contributed by atoms with Gasteiger partial charge in [-0.25, -0.2) is 4.39 Å². The number of carbonyl (C=O) groups excluding carboxylic acids is 2. The second-order valence-electron chi connectivity index (χ2n) is 3.97. The molecule has 5 heteroatoms. The Labute approximate surface area is 101 Å². The van der Waals surface area contributed by atoms with E-state index in [2.05, 4.69) is 4.98 Å². The molecule has 1 aromatic carbocycles. The zero-order chi connectivity index (χ0) is 12.9. The van der Waals surface area contributed by atoms with Crippen LogP contribution in [0.2, 0.25) is 0 Å². The number of hydrogen-bond donors (Lipinski definition) is 1. The number of hydrogen-bond acceptors (Lipinski definition) is 4. The predicted molar refractivity (Wildman–Crippen MR) is 61.9 cm³/mol. The summed E-state index contributed by atoms with van der Waals surface area (Å²) in [5, 5.41) is 0. The van der Waals surface area contributed by atoms with Crippen molar-refractivity contribution in [3.05, 3.63) is 58.7 Å². The molecular formula is C13H7FN2O2. The van der Waals surface area contributed by atoms with Crippen LogP contribution in [-0.4, -0.2) is 16.6 Å². The molecule has 2 aromatic rings. The Morgan fingerprint density at radius 1 is 1.00 bits per heavy atom. The molecule has 0 saturated carbocycles. The Bertz CT molecular complexity index is 650. The number of anilines is 1. The first kappa shape index (κ1) is 10.6. The van der Waals surface area contributed by atoms with E-state index in [1.165, 1.54) is 24.5 Å². The lowest BCUT2D eigenvalue weighted by atomic mass is 9.84. The molecule has 0 fully saturated rings. The largest absolute Gasteiger partial charge is 0.398 e. The van der Waals surface area contributed by atoms with Crippen molar-refractivity contribution >= 4 is 17.3 Å². The van der Waals surface area contributed by atoms with Crippen LogP contribution >= 0.6 is 0 Å². The Morgan fingerprint density at radius 2 is 1.72 bits per heavy atom. The first-order valence-corrected chi connectivity index (χ1v) is 5.22. The van der Waals surface area contributed by atoms with Crippen molar-refractivity contribution in [1.82, 2.24) is 4.98 Å². The first-order chi connectivity index (χ1) is 8.61. The van der Waals surface area contributed by atoms with Crippen LogP contribution in [-0.2, 0) is 0 Å². The van der Waals surface area contributed by atoms with E-state index in [0.29, 0.717) is 0 Å². The smallest absolute Gasteiger partial charge is 0.199 e. The van der Waals surface area contributed by atoms with E-state index < -0.39 is 17.4 Å². The normalized spacial score (nSPS) is 13.2. The van der Waals surface area contributed by atoms with Crippen molar-refractivity contribution in [2.75, 3.05) is 5.73 Å². The van der Waals surface area contributed by atoms with Crippen molar-refractivity contribution in [2.45, 2.75) is 0 Å². The zero-order valence-corrected chi connectivity index (χ0v) is 9.11. The summed E-state index contributed by atoms with van der Waals surface area (Å²) in [6.07, 6.45) is 2.67. The van der Waals surface area contributed by atoms with Gasteiger partial charge in [0.25, 0.3) is 0 Å². The fourth-order valence-corrected chi connectivity index (χ4v) is 2.10. The average molecular weight is 242 g/mol. The minimum Gasteiger partial charge on any atom is -0.398 e. The highest BCUT2D eigenvalue weighted by atomic mass is 19.1. The summed E-state index contributed by atoms with van der Waals surface area (Å²) in [6, 6.07) is 3.80. The quantitative estimate of drug-likeness (QED) is 0.607. The first-order valence-electron chi connectivity index (χ1n) is 5.22. The highest BCUT2D eigenvalue weighted by Gasteiger charge is 2.33. The molecule has 18 heavy (non-hydrogen) atoms. The van der Waals surface area contributed by atoms with Gasteiger partial charge in [0.05, 0.1) is 16.7 Å². The molecular weight excluding hydrogens is 235 g/mol. The van der Waals surface area contributed by atoms with Crippen LogP contribution < -0.4 is 5.73 Å². The van der Waals surface area contributed by atoms with E-state index >= 15 is 0 Å². The number of rotatable bonds is 0. The van der Waals surface area contributed by atoms with Crippen molar-refractivity contribution in [1.29, 1.82) is 0 Å². The lowest BCUT2D eigenvalue weighted by molar-refractivity contribution is 0.0976. The van der Waals surface area contributed by atoms with Gasteiger partial charge in [-0.2, -0.15) is 0 Å². The van der Waals surface area contributed by atoms with Gasteiger partial charge in [0.1, 0.15) is 5.82 Å². The van der Waals surface area contributed by atoms with E-state index in [1.54, 1.807) is 0 Å². The molecule has 88 valence electrons. The molecule has 1 aliphatic carbocycles. The second kappa shape index (κ2) is 3.46. The maximum Gasteiger partial charge on any atom is 0.199 e. The molecule has 4 nitrogen and oxygen atoms in total. The summed E-state index contributed by atoms with van der Waals surface area (Å²) in [5.74, 6) is -1.75. The fourth-order valence-electron chi connectivity index (χ4n) is 2.10. The number of aromatic nitrogens is 1. The summed E-state index contributed by atoms with van der Waals surface area (Å²) in [5.41, 5.74) is 5.77. The van der Waals surface area contributed by atoms with E-state index in [9.17, 15) is 14.0 Å². The Hall–Kier alpha value is -2.56. The third kappa shape index (κ3) is 1.21. The summed E-state index contributed by atoms with van der Waals surface area (Å²) >= 11 is 0. The van der Waals surface area contributed by atoms with Crippen LogP contribution in [0.15, 0.2) is 30.6 Å². The van der Waals surface area contributed by atoms with Gasteiger partial charge in [-0.3, -0.25) is 14.6 Å². The fraction of sp³-hybridized carbons (Fsp3) is 0. The van der Waals surface area contributed by atoms with E-state index in [-0.39, 0.29) is 27.9 Å². The van der Waals surface area contributed by atoms with Crippen molar-refractivity contribution in [3.8, 4) is 0 Å². The summed E-state index contributed by atoms with van der Waals surface area (Å²) in [4.78, 5) is 28.1. The summed E-state index contributed by atoms with van der Waals surface area (Å²) < 4.78 is 13.7. The average Bonchev–Trinajstić information content (AvgIpc) is 2.38. The minimum absolute atomic E-state index is 0.0568. The molecule has 1 heterocycles. The number of benzene rings is 1. The molecule has 1 aromatic heterocycles. The van der Waals surface area contributed by atoms with E-state index in [4.69, 9.17) is 5.73 Å². The maximum atomic E-state index is 13.7. The molecule has 0 spiro atoms. The molecule has 0 atom stereocenters. The molecule has 2 N–H and O–H groups in total. The molecule has 0 bridgehead atoms. The van der Waals surface area contributed by atoms with E-state index in [0.717, 1.165) is 6.07 Å². The minimum atomic E-state index is -0.743. The number of fused-ring (bicyclic) bond motifs is 2. The van der Waals surface area contributed by atoms with Crippen molar-refractivity contribution in [3.63, 3.8) is 0 Å². The van der Waals surface area contributed by atoms with Crippen LogP contribution in [0, 0.1) is 5.82 Å². The lowest BCUT2D eigenvalue weighted by Gasteiger charge is -2.18. The lowest BCUT2D eigenvalue weighted by Crippen LogP contribution is -2.24. The van der Waals surface area contributed by atoms with Gasteiger partial charge in [-0.15, -0.1) is 0 Å². The number of pyridine rings is 1. The number of nitrogens with two attached hydrogens (primary N) is 1. The summed E-state index contributed by atoms with van der Waals surface area (Å²) in [6.45, 7) is 0. The Kier molecular flexibility index (Phi) is 2.04. The molecule has 3 rings (SSSR count). The molecule has 0 aliphatic heterocycles. The van der Waals surface area contributed by atoms with Crippen LogP contribution in [0.5, 0.6) is 0 Å². The van der Waals surface area contributed by atoms with Gasteiger partial charge in [0.15, 0.2) is 11.6 Å². The monoisotopic (exact) mass is 242 g/mol. The van der Waals surface area contributed by atoms with Gasteiger partial charge in [-0.1, -0.05) is 0 Å². The maximum absolute atomic E-state index is 13.7. The Morgan fingerprint density at radius 3 is 2.50 bits per heavy atom. The van der Waals surface area contributed by atoms with Crippen LogP contribution in [0.1, 0.15) is 31.8 Å². The summed E-state index contributed by atoms with van der Waals surface area (Å²) in [7, 11) is 0. The van der Waals surface area contributed by atoms with Crippen LogP contribution in [0.4, 0.5) is 10.1 Å². The number of carbonyl (C=O) groups is 2. The highest BCUT2D eigenvalue weighted by molar-refractivity contribution is 6.29. The molecule has 0 saturated heterocycles. The number of halogens is 1. The third-order valence-corrected chi connectivity index (χ3v) is 2.95. The van der Waals surface area contributed by atoms with Gasteiger partial charge >= 0.3 is 0 Å². The topological polar surface area (TPSA) is 73.1 Å². The molecule has 1 aliphatic rings. The SMILES string of the molecule is Nc1ccc(F)c2c1C(=O)c1ccncc1C2=O. The standard InChI is InChI=1S/C13H7FN2O2/c14-8-1-2-9(15)11-10(8)13(18)7-5-16-4-3-6(7)12(11)17/h1-5H,15H2. The van der Waals surface area contributed by atoms with Gasteiger partial charge in [-0.05, 0) is 18.2 Å². The number of nitrogen functional groups attached to an aromatic ring is 1. The second-order valence-corrected chi connectivity index (χ2v) is 3.97. The molecule has 0 radical (unpaired) electrons. The van der Waals surface area contributed by atoms with Crippen molar-refractivity contribution in [2.24, 2.45) is 0 Å². The van der Waals surface area contributed by atoms with Gasteiger partial charge in [0, 0.05) is 23.6 Å². The van der Waals surface area contributed by atoms with Crippen LogP contribution in [0.25, 0.3) is 0 Å². The van der Waals surface area contributed by atoms with Crippen molar-refractivity contribution < 1.29 is 14.0 Å². The number of ketones is 2. The molecule has 0 amide bonds. The number of nitrogens with zero attached hydrogens (tertiary/aromatic N) is 1. The Balaban J connectivity index is 2.41. The van der Waals surface area contributed by atoms with Crippen LogP contribution in [0.3, 0.4) is 0 Å². The van der Waals surface area contributed by atoms with Gasteiger partial charge in [0.2, 0.25) is 0 Å². The predicted octanol–water partition coefficient (Wildman–Crippen LogP) is 1.58. The zero-order valence-electron chi connectivity index (χ0n) is 9.11.